The van der Waals surface area contributed by atoms with E-state index in [2.05, 4.69) is 27.1 Å². The van der Waals surface area contributed by atoms with E-state index in [1.165, 1.54) is 11.8 Å². The molecule has 0 radical (unpaired) electrons. The molecule has 0 spiro atoms. The highest BCUT2D eigenvalue weighted by atomic mass is 35.5. The van der Waals surface area contributed by atoms with Gasteiger partial charge in [-0.1, -0.05) is 42.4 Å². The van der Waals surface area contributed by atoms with Crippen molar-refractivity contribution >= 4 is 35.1 Å². The van der Waals surface area contributed by atoms with E-state index in [4.69, 9.17) is 11.6 Å². The maximum absolute atomic E-state index is 12.0. The molecule has 0 saturated heterocycles. The third-order valence-corrected chi connectivity index (χ3v) is 5.22. The first kappa shape index (κ1) is 19.0. The van der Waals surface area contributed by atoms with Gasteiger partial charge >= 0.3 is 0 Å². The molecule has 1 N–H and O–H groups in total. The molecule has 2 aromatic rings. The van der Waals surface area contributed by atoms with Crippen molar-refractivity contribution in [2.75, 3.05) is 18.5 Å². The predicted octanol–water partition coefficient (Wildman–Crippen LogP) is 4.16. The molecule has 26 heavy (non-hydrogen) atoms. The summed E-state index contributed by atoms with van der Waals surface area (Å²) in [6.45, 7) is 3.05. The fourth-order valence-corrected chi connectivity index (χ4v) is 3.53. The van der Waals surface area contributed by atoms with Gasteiger partial charge in [-0.05, 0) is 37.0 Å². The molecule has 7 heteroatoms. The molecule has 0 bridgehead atoms. The Morgan fingerprint density at radius 1 is 1.31 bits per heavy atom. The normalized spacial score (nSPS) is 13.5. The van der Waals surface area contributed by atoms with Gasteiger partial charge in [0, 0.05) is 37.0 Å². The van der Waals surface area contributed by atoms with Crippen molar-refractivity contribution in [1.82, 2.24) is 15.3 Å². The molecule has 1 heterocycles. The van der Waals surface area contributed by atoms with Crippen molar-refractivity contribution in [1.29, 1.82) is 0 Å². The Kier molecular flexibility index (Phi) is 6.38. The van der Waals surface area contributed by atoms with E-state index in [-0.39, 0.29) is 5.91 Å². The number of thioether (sulfide) groups is 1. The van der Waals surface area contributed by atoms with Crippen LogP contribution in [0.3, 0.4) is 0 Å². The average Bonchev–Trinajstić information content (AvgIpc) is 3.44. The summed E-state index contributed by atoms with van der Waals surface area (Å²) >= 11 is 7.68. The smallest absolute Gasteiger partial charge is 0.251 e. The van der Waals surface area contributed by atoms with Gasteiger partial charge in [-0.2, -0.15) is 0 Å². The number of aromatic nitrogens is 2. The van der Waals surface area contributed by atoms with Gasteiger partial charge < -0.3 is 10.2 Å². The van der Waals surface area contributed by atoms with Crippen LogP contribution in [-0.2, 0) is 5.75 Å². The lowest BCUT2D eigenvalue weighted by atomic mass is 10.1. The fraction of sp³-hybridized carbons (Fsp3) is 0.421. The van der Waals surface area contributed by atoms with E-state index in [0.717, 1.165) is 42.9 Å². The highest BCUT2D eigenvalue weighted by molar-refractivity contribution is 7.98. The van der Waals surface area contributed by atoms with Gasteiger partial charge in [0.1, 0.15) is 11.0 Å². The number of amides is 1. The van der Waals surface area contributed by atoms with Crippen LogP contribution in [0.5, 0.6) is 0 Å². The monoisotopic (exact) mass is 390 g/mol. The molecule has 1 saturated carbocycles. The summed E-state index contributed by atoms with van der Waals surface area (Å²) in [5.74, 6) is 1.57. The quantitative estimate of drug-likeness (QED) is 0.416. The van der Waals surface area contributed by atoms with E-state index >= 15 is 0 Å². The van der Waals surface area contributed by atoms with E-state index in [1.54, 1.807) is 6.07 Å². The van der Waals surface area contributed by atoms with Gasteiger partial charge in [-0.3, -0.25) is 4.79 Å². The van der Waals surface area contributed by atoms with Gasteiger partial charge in [0.05, 0.1) is 0 Å². The number of halogens is 1. The van der Waals surface area contributed by atoms with E-state index in [9.17, 15) is 4.79 Å². The summed E-state index contributed by atoms with van der Waals surface area (Å²) in [6, 6.07) is 9.85. The second kappa shape index (κ2) is 8.73. The van der Waals surface area contributed by atoms with Crippen molar-refractivity contribution in [3.05, 3.63) is 46.6 Å². The summed E-state index contributed by atoms with van der Waals surface area (Å²) in [5.41, 5.74) is 1.82. The van der Waals surface area contributed by atoms with Crippen molar-refractivity contribution in [3.8, 4) is 0 Å². The predicted molar refractivity (Wildman–Crippen MR) is 107 cm³/mol. The molecule has 1 aromatic heterocycles. The van der Waals surface area contributed by atoms with E-state index in [1.807, 2.05) is 31.3 Å². The highest BCUT2D eigenvalue weighted by Crippen LogP contribution is 2.25. The maximum atomic E-state index is 12.0. The minimum absolute atomic E-state index is 0.00785. The standard InChI is InChI=1S/C19H23ClN4OS/c1-3-10-24(2)17-11-16(20)22-19(23-17)26-12-13-4-6-14(7-5-13)18(25)21-15-8-9-15/h4-7,11,15H,3,8-10,12H2,1-2H3,(H,21,25). The van der Waals surface area contributed by atoms with Crippen LogP contribution in [0.15, 0.2) is 35.5 Å². The van der Waals surface area contributed by atoms with Crippen molar-refractivity contribution in [3.63, 3.8) is 0 Å². The molecule has 1 fully saturated rings. The molecular weight excluding hydrogens is 368 g/mol. The number of nitrogens with one attached hydrogen (secondary N) is 1. The molecule has 1 aromatic carbocycles. The number of hydrogen-bond donors (Lipinski definition) is 1. The van der Waals surface area contributed by atoms with Crippen LogP contribution >= 0.6 is 23.4 Å². The molecule has 0 unspecified atom stereocenters. The van der Waals surface area contributed by atoms with Crippen molar-refractivity contribution < 1.29 is 4.79 Å². The Morgan fingerprint density at radius 3 is 2.69 bits per heavy atom. The van der Waals surface area contributed by atoms with Gasteiger partial charge in [0.25, 0.3) is 5.91 Å². The number of carbonyl (C=O) groups excluding carboxylic acids is 1. The molecule has 5 nitrogen and oxygen atoms in total. The third kappa shape index (κ3) is 5.35. The minimum atomic E-state index is 0.00785. The Hall–Kier alpha value is -1.79. The van der Waals surface area contributed by atoms with Gasteiger partial charge in [0.15, 0.2) is 5.16 Å². The highest BCUT2D eigenvalue weighted by Gasteiger charge is 2.23. The average molecular weight is 391 g/mol. The fourth-order valence-electron chi connectivity index (χ4n) is 2.49. The molecule has 3 rings (SSSR count). The first-order valence-corrected chi connectivity index (χ1v) is 10.2. The van der Waals surface area contributed by atoms with Crippen LogP contribution in [0, 0.1) is 0 Å². The van der Waals surface area contributed by atoms with Crippen LogP contribution in [0.2, 0.25) is 5.15 Å². The summed E-state index contributed by atoms with van der Waals surface area (Å²) in [5, 5.41) is 4.11. The van der Waals surface area contributed by atoms with Crippen molar-refractivity contribution in [2.45, 2.75) is 43.1 Å². The van der Waals surface area contributed by atoms with Gasteiger partial charge in [-0.15, -0.1) is 0 Å². The number of rotatable bonds is 8. The third-order valence-electron chi connectivity index (χ3n) is 4.11. The molecule has 1 aliphatic carbocycles. The Morgan fingerprint density at radius 2 is 2.04 bits per heavy atom. The molecule has 1 amide bonds. The second-order valence-corrected chi connectivity index (χ2v) is 7.82. The Labute approximate surface area is 163 Å². The maximum Gasteiger partial charge on any atom is 0.251 e. The largest absolute Gasteiger partial charge is 0.360 e. The minimum Gasteiger partial charge on any atom is -0.360 e. The van der Waals surface area contributed by atoms with Crippen molar-refractivity contribution in [2.24, 2.45) is 0 Å². The Bertz CT molecular complexity index is 765. The Balaban J connectivity index is 1.60. The number of hydrogen-bond acceptors (Lipinski definition) is 5. The van der Waals surface area contributed by atoms with Crippen LogP contribution in [-0.4, -0.2) is 35.5 Å². The number of carbonyl (C=O) groups is 1. The first-order valence-electron chi connectivity index (χ1n) is 8.83. The summed E-state index contributed by atoms with van der Waals surface area (Å²) in [4.78, 5) is 23.0. The van der Waals surface area contributed by atoms with Crippen LogP contribution in [0.4, 0.5) is 5.82 Å². The lowest BCUT2D eigenvalue weighted by molar-refractivity contribution is 0.0951. The van der Waals surface area contributed by atoms with Crippen LogP contribution in [0.1, 0.15) is 42.1 Å². The molecule has 0 aliphatic heterocycles. The lowest BCUT2D eigenvalue weighted by Crippen LogP contribution is -2.25. The molecule has 138 valence electrons. The zero-order chi connectivity index (χ0) is 18.5. The van der Waals surface area contributed by atoms with E-state index in [0.29, 0.717) is 21.9 Å². The summed E-state index contributed by atoms with van der Waals surface area (Å²) in [6.07, 6.45) is 3.23. The summed E-state index contributed by atoms with van der Waals surface area (Å²) < 4.78 is 0. The molecule has 1 aliphatic rings. The zero-order valence-corrected chi connectivity index (χ0v) is 16.6. The van der Waals surface area contributed by atoms with Gasteiger partial charge in [0.2, 0.25) is 0 Å². The van der Waals surface area contributed by atoms with Crippen LogP contribution in [0.25, 0.3) is 0 Å². The zero-order valence-electron chi connectivity index (χ0n) is 15.0. The topological polar surface area (TPSA) is 58.1 Å². The first-order chi connectivity index (χ1) is 12.5. The summed E-state index contributed by atoms with van der Waals surface area (Å²) in [7, 11) is 2.00. The van der Waals surface area contributed by atoms with E-state index < -0.39 is 0 Å². The second-order valence-electron chi connectivity index (χ2n) is 6.49. The number of nitrogens with zero attached hydrogens (tertiary/aromatic N) is 3. The molecular formula is C19H23ClN4OS. The van der Waals surface area contributed by atoms with Gasteiger partial charge in [-0.25, -0.2) is 9.97 Å². The number of benzene rings is 1. The molecule has 0 atom stereocenters. The number of anilines is 1. The SMILES string of the molecule is CCCN(C)c1cc(Cl)nc(SCc2ccc(C(=O)NC3CC3)cc2)n1. The van der Waals surface area contributed by atoms with Crippen LogP contribution < -0.4 is 10.2 Å². The lowest BCUT2D eigenvalue weighted by Gasteiger charge is -2.17.